The lowest BCUT2D eigenvalue weighted by Gasteiger charge is -2.06. The summed E-state index contributed by atoms with van der Waals surface area (Å²) in [7, 11) is 0. The number of halogens is 1. The molecular formula is C18H12FN5O2. The maximum atomic E-state index is 13.1. The molecule has 2 unspecified atom stereocenters. The third kappa shape index (κ3) is 2.80. The highest BCUT2D eigenvalue weighted by molar-refractivity contribution is 5.59. The molecule has 1 saturated carbocycles. The van der Waals surface area contributed by atoms with E-state index in [1.165, 1.54) is 18.3 Å². The molecule has 1 aliphatic rings. The summed E-state index contributed by atoms with van der Waals surface area (Å²) in [5.74, 6) is -0.0892. The molecule has 0 spiro atoms. The molecule has 0 saturated heterocycles. The summed E-state index contributed by atoms with van der Waals surface area (Å²) in [6.45, 7) is 0. The minimum atomic E-state index is -0.612. The second kappa shape index (κ2) is 6.04. The predicted octanol–water partition coefficient (Wildman–Crippen LogP) is 1.80. The highest BCUT2D eigenvalue weighted by atomic mass is 19.1. The van der Waals surface area contributed by atoms with Gasteiger partial charge in [-0.2, -0.15) is 5.26 Å². The second-order valence-corrected chi connectivity index (χ2v) is 6.13. The van der Waals surface area contributed by atoms with Gasteiger partial charge in [-0.1, -0.05) is 12.1 Å². The Morgan fingerprint density at radius 2 is 1.92 bits per heavy atom. The number of benzene rings is 1. The van der Waals surface area contributed by atoms with Crippen molar-refractivity contribution in [2.75, 3.05) is 0 Å². The molecule has 4 rings (SSSR count). The Labute approximate surface area is 146 Å². The van der Waals surface area contributed by atoms with Gasteiger partial charge in [-0.25, -0.2) is 9.18 Å². The van der Waals surface area contributed by atoms with Crippen molar-refractivity contribution in [1.29, 1.82) is 5.26 Å². The maximum absolute atomic E-state index is 13.1. The fourth-order valence-corrected chi connectivity index (χ4v) is 3.12. The molecule has 7 nitrogen and oxygen atoms in total. The van der Waals surface area contributed by atoms with Gasteiger partial charge in [0.1, 0.15) is 17.6 Å². The van der Waals surface area contributed by atoms with Crippen molar-refractivity contribution in [3.8, 4) is 17.3 Å². The first-order chi connectivity index (χ1) is 12.6. The number of hydrogen-bond donors (Lipinski definition) is 2. The van der Waals surface area contributed by atoms with Crippen molar-refractivity contribution >= 4 is 0 Å². The van der Waals surface area contributed by atoms with E-state index in [9.17, 15) is 19.2 Å². The van der Waals surface area contributed by atoms with Gasteiger partial charge in [-0.05, 0) is 47.6 Å². The molecule has 8 heteroatoms. The van der Waals surface area contributed by atoms with Gasteiger partial charge in [0.05, 0.1) is 5.56 Å². The molecular weight excluding hydrogens is 337 g/mol. The first-order valence-corrected chi connectivity index (χ1v) is 7.92. The van der Waals surface area contributed by atoms with Gasteiger partial charge in [-0.3, -0.25) is 9.78 Å². The summed E-state index contributed by atoms with van der Waals surface area (Å²) in [4.78, 5) is 27.7. The minimum Gasteiger partial charge on any atom is -0.313 e. The Morgan fingerprint density at radius 3 is 2.62 bits per heavy atom. The molecule has 128 valence electrons. The molecule has 1 aliphatic carbocycles. The largest absolute Gasteiger partial charge is 0.325 e. The maximum Gasteiger partial charge on any atom is 0.325 e. The molecule has 3 aromatic rings. The van der Waals surface area contributed by atoms with Crippen LogP contribution < -0.4 is 11.2 Å². The predicted molar refractivity (Wildman–Crippen MR) is 89.9 cm³/mol. The first-order valence-electron chi connectivity index (χ1n) is 7.92. The lowest BCUT2D eigenvalue weighted by Crippen LogP contribution is -2.23. The number of nitriles is 1. The van der Waals surface area contributed by atoms with Crippen molar-refractivity contribution in [3.63, 3.8) is 0 Å². The zero-order chi connectivity index (χ0) is 18.3. The smallest absolute Gasteiger partial charge is 0.313 e. The normalized spacial score (nSPS) is 18.3. The van der Waals surface area contributed by atoms with Crippen LogP contribution in [0.2, 0.25) is 0 Å². The number of aromatic nitrogens is 4. The zero-order valence-electron chi connectivity index (χ0n) is 13.4. The van der Waals surface area contributed by atoms with E-state index in [4.69, 9.17) is 0 Å². The van der Waals surface area contributed by atoms with E-state index in [1.54, 1.807) is 18.2 Å². The summed E-state index contributed by atoms with van der Waals surface area (Å²) in [6, 6.07) is 9.96. The van der Waals surface area contributed by atoms with Crippen molar-refractivity contribution < 1.29 is 4.39 Å². The lowest BCUT2D eigenvalue weighted by molar-refractivity contribution is 0.627. The monoisotopic (exact) mass is 349 g/mol. The van der Waals surface area contributed by atoms with E-state index < -0.39 is 11.2 Å². The molecule has 0 radical (unpaired) electrons. The molecule has 2 atom stereocenters. The highest BCUT2D eigenvalue weighted by Gasteiger charge is 2.41. The number of H-pyrrole nitrogens is 2. The standard InChI is InChI=1S/C18H12FN5O2/c19-10-3-1-9(2-4-10)11-5-12(11)13-6-15(23-24-16(13)7-20)14-8-21-18(26)22-17(14)25/h1-4,6,8,11-12H,5H2,(H2,21,22,25,26). The van der Waals surface area contributed by atoms with E-state index in [0.717, 1.165) is 12.0 Å². The molecule has 2 aromatic heterocycles. The van der Waals surface area contributed by atoms with E-state index >= 15 is 0 Å². The second-order valence-electron chi connectivity index (χ2n) is 6.13. The van der Waals surface area contributed by atoms with E-state index in [2.05, 4.69) is 20.2 Å². The lowest BCUT2D eigenvalue weighted by atomic mass is 10.0. The highest BCUT2D eigenvalue weighted by Crippen LogP contribution is 2.55. The van der Waals surface area contributed by atoms with Crippen molar-refractivity contribution in [2.24, 2.45) is 0 Å². The van der Waals surface area contributed by atoms with Crippen LogP contribution in [0.25, 0.3) is 11.3 Å². The number of aromatic amines is 2. The fourth-order valence-electron chi connectivity index (χ4n) is 3.12. The van der Waals surface area contributed by atoms with E-state index in [0.29, 0.717) is 5.56 Å². The van der Waals surface area contributed by atoms with Crippen LogP contribution in [0.15, 0.2) is 46.1 Å². The van der Waals surface area contributed by atoms with E-state index in [-0.39, 0.29) is 34.6 Å². The molecule has 2 heterocycles. The van der Waals surface area contributed by atoms with Crippen LogP contribution in [0, 0.1) is 17.1 Å². The van der Waals surface area contributed by atoms with Crippen LogP contribution in [0.3, 0.4) is 0 Å². The van der Waals surface area contributed by atoms with Gasteiger partial charge in [0.25, 0.3) is 5.56 Å². The molecule has 0 amide bonds. The summed E-state index contributed by atoms with van der Waals surface area (Å²) in [5, 5.41) is 17.2. The molecule has 0 aliphatic heterocycles. The van der Waals surface area contributed by atoms with Gasteiger partial charge < -0.3 is 4.98 Å². The Balaban J connectivity index is 1.72. The van der Waals surface area contributed by atoms with Gasteiger partial charge >= 0.3 is 5.69 Å². The Hall–Kier alpha value is -3.60. The van der Waals surface area contributed by atoms with Crippen molar-refractivity contribution in [1.82, 2.24) is 20.2 Å². The third-order valence-electron chi connectivity index (χ3n) is 4.51. The van der Waals surface area contributed by atoms with Crippen molar-refractivity contribution in [2.45, 2.75) is 18.3 Å². The number of rotatable bonds is 3. The summed E-state index contributed by atoms with van der Waals surface area (Å²) in [6.07, 6.45) is 2.07. The molecule has 2 N–H and O–H groups in total. The Morgan fingerprint density at radius 1 is 1.15 bits per heavy atom. The summed E-state index contributed by atoms with van der Waals surface area (Å²) >= 11 is 0. The molecule has 26 heavy (non-hydrogen) atoms. The quantitative estimate of drug-likeness (QED) is 0.748. The number of hydrogen-bond acceptors (Lipinski definition) is 5. The average Bonchev–Trinajstić information content (AvgIpc) is 3.42. The van der Waals surface area contributed by atoms with Crippen molar-refractivity contribution in [3.05, 3.63) is 80.0 Å². The SMILES string of the molecule is N#Cc1nnc(-c2c[nH]c(=O)[nH]c2=O)cc1C1CC1c1ccc(F)cc1. The average molecular weight is 349 g/mol. The fraction of sp³-hybridized carbons (Fsp3) is 0.167. The summed E-state index contributed by atoms with van der Waals surface area (Å²) in [5.41, 5.74) is 1.13. The third-order valence-corrected chi connectivity index (χ3v) is 4.51. The number of nitrogens with one attached hydrogen (secondary N) is 2. The summed E-state index contributed by atoms with van der Waals surface area (Å²) < 4.78 is 13.1. The van der Waals surface area contributed by atoms with Gasteiger partial charge in [-0.15, -0.1) is 10.2 Å². The van der Waals surface area contributed by atoms with Crippen LogP contribution in [-0.2, 0) is 0 Å². The molecule has 1 fully saturated rings. The van der Waals surface area contributed by atoms with Crippen LogP contribution >= 0.6 is 0 Å². The minimum absolute atomic E-state index is 0.0474. The first kappa shape index (κ1) is 15.9. The van der Waals surface area contributed by atoms with Crippen LogP contribution in [0.5, 0.6) is 0 Å². The Bertz CT molecular complexity index is 1140. The zero-order valence-corrected chi connectivity index (χ0v) is 13.4. The van der Waals surface area contributed by atoms with Crippen LogP contribution in [0.4, 0.5) is 4.39 Å². The van der Waals surface area contributed by atoms with Gasteiger partial charge in [0.2, 0.25) is 0 Å². The van der Waals surface area contributed by atoms with Crippen LogP contribution in [0.1, 0.15) is 35.1 Å². The van der Waals surface area contributed by atoms with Gasteiger partial charge in [0, 0.05) is 6.20 Å². The molecule has 1 aromatic carbocycles. The van der Waals surface area contributed by atoms with Gasteiger partial charge in [0.15, 0.2) is 5.69 Å². The Kier molecular flexibility index (Phi) is 3.69. The molecule has 0 bridgehead atoms. The number of nitrogens with zero attached hydrogens (tertiary/aromatic N) is 3. The van der Waals surface area contributed by atoms with Crippen LogP contribution in [-0.4, -0.2) is 20.2 Å². The topological polar surface area (TPSA) is 115 Å². The van der Waals surface area contributed by atoms with E-state index in [1.807, 2.05) is 6.07 Å².